The molecule has 1 aromatic rings. The van der Waals surface area contributed by atoms with Crippen molar-refractivity contribution in [3.8, 4) is 0 Å². The van der Waals surface area contributed by atoms with Gasteiger partial charge in [-0.3, -0.25) is 0 Å². The molecular weight excluding hydrogens is 278 g/mol. The van der Waals surface area contributed by atoms with Crippen molar-refractivity contribution in [2.75, 3.05) is 12.8 Å². The largest absolute Gasteiger partial charge is 0.308 e. The van der Waals surface area contributed by atoms with Gasteiger partial charge in [-0.15, -0.1) is 11.3 Å². The van der Waals surface area contributed by atoms with E-state index in [1.54, 1.807) is 11.3 Å². The zero-order chi connectivity index (χ0) is 14.8. The lowest BCUT2D eigenvalue weighted by molar-refractivity contribution is 0.424. The van der Waals surface area contributed by atoms with Crippen molar-refractivity contribution < 1.29 is 8.42 Å². The van der Waals surface area contributed by atoms with E-state index >= 15 is 0 Å². The summed E-state index contributed by atoms with van der Waals surface area (Å²) in [5, 5.41) is 3.42. The first kappa shape index (κ1) is 16.7. The minimum Gasteiger partial charge on any atom is -0.308 e. The molecule has 0 spiro atoms. The molecule has 110 valence electrons. The Kier molecular flexibility index (Phi) is 5.21. The maximum absolute atomic E-state index is 12.1. The molecule has 0 radical (unpaired) electrons. The lowest BCUT2D eigenvalue weighted by Crippen LogP contribution is -2.45. The first-order valence-electron chi connectivity index (χ1n) is 6.61. The zero-order valence-electron chi connectivity index (χ0n) is 12.7. The number of hydrogen-bond donors (Lipinski definition) is 1. The minimum atomic E-state index is -3.14. The van der Waals surface area contributed by atoms with Gasteiger partial charge in [-0.2, -0.15) is 0 Å². The fourth-order valence-electron chi connectivity index (χ4n) is 2.10. The number of hydrogen-bond acceptors (Lipinski definition) is 4. The lowest BCUT2D eigenvalue weighted by atomic mass is 9.99. The van der Waals surface area contributed by atoms with Crippen LogP contribution in [0.5, 0.6) is 0 Å². The number of nitrogens with one attached hydrogen (secondary N) is 1. The van der Waals surface area contributed by atoms with Gasteiger partial charge in [-0.1, -0.05) is 6.92 Å². The van der Waals surface area contributed by atoms with Crippen LogP contribution in [0.2, 0.25) is 0 Å². The predicted molar refractivity (Wildman–Crippen MR) is 83.8 cm³/mol. The van der Waals surface area contributed by atoms with Crippen LogP contribution in [0.15, 0.2) is 6.07 Å². The molecule has 3 nitrogen and oxygen atoms in total. The van der Waals surface area contributed by atoms with E-state index in [1.165, 1.54) is 16.7 Å². The zero-order valence-corrected chi connectivity index (χ0v) is 14.3. The summed E-state index contributed by atoms with van der Waals surface area (Å²) in [5.41, 5.74) is 1.17. The molecule has 0 fully saturated rings. The Balaban J connectivity index is 3.26. The van der Waals surface area contributed by atoms with Gasteiger partial charge in [0, 0.05) is 16.0 Å². The van der Waals surface area contributed by atoms with Crippen LogP contribution in [-0.4, -0.2) is 26.0 Å². The quantitative estimate of drug-likeness (QED) is 0.877. The summed E-state index contributed by atoms with van der Waals surface area (Å²) >= 11 is 1.69. The van der Waals surface area contributed by atoms with E-state index in [1.807, 2.05) is 13.8 Å². The van der Waals surface area contributed by atoms with Crippen molar-refractivity contribution in [1.29, 1.82) is 0 Å². The predicted octanol–water partition coefficient (Wildman–Crippen LogP) is 3.23. The number of thiophene rings is 1. The fourth-order valence-corrected chi connectivity index (χ4v) is 4.11. The second kappa shape index (κ2) is 5.94. The highest BCUT2D eigenvalue weighted by molar-refractivity contribution is 7.92. The van der Waals surface area contributed by atoms with Crippen molar-refractivity contribution >= 4 is 21.2 Å². The second-order valence-electron chi connectivity index (χ2n) is 5.67. The first-order valence-corrected chi connectivity index (χ1v) is 9.32. The molecule has 19 heavy (non-hydrogen) atoms. The Bertz CT molecular complexity index is 530. The number of rotatable bonds is 6. The Hall–Kier alpha value is -0.390. The maximum Gasteiger partial charge on any atom is 0.154 e. The molecular formula is C14H25NO2S2. The fraction of sp³-hybridized carbons (Fsp3) is 0.714. The summed E-state index contributed by atoms with van der Waals surface area (Å²) in [5.74, 6) is 0. The van der Waals surface area contributed by atoms with Crippen LogP contribution >= 0.6 is 11.3 Å². The second-order valence-corrected chi connectivity index (χ2v) is 9.55. The van der Waals surface area contributed by atoms with E-state index in [0.717, 1.165) is 17.8 Å². The van der Waals surface area contributed by atoms with Crippen molar-refractivity contribution in [3.63, 3.8) is 0 Å². The molecule has 5 heteroatoms. The van der Waals surface area contributed by atoms with E-state index in [9.17, 15) is 8.42 Å². The third-order valence-corrected chi connectivity index (χ3v) is 6.96. The molecule has 0 aliphatic carbocycles. The topological polar surface area (TPSA) is 46.2 Å². The highest BCUT2D eigenvalue weighted by Gasteiger charge is 2.40. The smallest absolute Gasteiger partial charge is 0.154 e. The Labute approximate surface area is 121 Å². The molecule has 0 aliphatic rings. The molecule has 0 saturated carbocycles. The van der Waals surface area contributed by atoms with Gasteiger partial charge in [0.1, 0.15) is 0 Å². The van der Waals surface area contributed by atoms with Crippen molar-refractivity contribution in [2.45, 2.75) is 51.8 Å². The molecule has 0 aliphatic heterocycles. The van der Waals surface area contributed by atoms with Crippen molar-refractivity contribution in [2.24, 2.45) is 0 Å². The van der Waals surface area contributed by atoms with E-state index in [2.05, 4.69) is 32.2 Å². The van der Waals surface area contributed by atoms with Crippen LogP contribution in [0.4, 0.5) is 0 Å². The molecule has 0 bridgehead atoms. The van der Waals surface area contributed by atoms with E-state index in [0.29, 0.717) is 0 Å². The Morgan fingerprint density at radius 3 is 2.32 bits per heavy atom. The summed E-state index contributed by atoms with van der Waals surface area (Å²) in [6.45, 7) is 10.6. The monoisotopic (exact) mass is 303 g/mol. The standard InChI is InChI=1S/C14H25NO2S2/c1-7-8-15-13(14(4,5)19(6,16)17)12-10(2)9-11(3)18-12/h9,13,15H,7-8H2,1-6H3. The summed E-state index contributed by atoms with van der Waals surface area (Å²) in [6.07, 6.45) is 2.31. The van der Waals surface area contributed by atoms with Crippen LogP contribution in [0.25, 0.3) is 0 Å². The molecule has 1 rings (SSSR count). The van der Waals surface area contributed by atoms with Gasteiger partial charge >= 0.3 is 0 Å². The molecule has 1 N–H and O–H groups in total. The van der Waals surface area contributed by atoms with Crippen molar-refractivity contribution in [3.05, 3.63) is 21.4 Å². The molecule has 0 saturated heterocycles. The molecule has 1 heterocycles. The van der Waals surface area contributed by atoms with Crippen LogP contribution in [0.3, 0.4) is 0 Å². The maximum atomic E-state index is 12.1. The van der Waals surface area contributed by atoms with E-state index in [4.69, 9.17) is 0 Å². The third-order valence-electron chi connectivity index (χ3n) is 3.59. The molecule has 0 aromatic carbocycles. The number of sulfone groups is 1. The Morgan fingerprint density at radius 2 is 1.95 bits per heavy atom. The average molecular weight is 303 g/mol. The van der Waals surface area contributed by atoms with Crippen LogP contribution < -0.4 is 5.32 Å². The molecule has 1 aromatic heterocycles. The summed E-state index contributed by atoms with van der Waals surface area (Å²) < 4.78 is 23.4. The molecule has 1 atom stereocenters. The van der Waals surface area contributed by atoms with E-state index < -0.39 is 14.6 Å². The normalized spacial score (nSPS) is 14.6. The van der Waals surface area contributed by atoms with Crippen molar-refractivity contribution in [1.82, 2.24) is 5.32 Å². The van der Waals surface area contributed by atoms with Gasteiger partial charge < -0.3 is 5.32 Å². The molecule has 1 unspecified atom stereocenters. The first-order chi connectivity index (χ1) is 8.61. The van der Waals surface area contributed by atoms with Crippen LogP contribution in [0, 0.1) is 13.8 Å². The lowest BCUT2D eigenvalue weighted by Gasteiger charge is -2.33. The van der Waals surface area contributed by atoms with Gasteiger partial charge in [0.05, 0.1) is 10.8 Å². The summed E-state index contributed by atoms with van der Waals surface area (Å²) in [7, 11) is -3.14. The SMILES string of the molecule is CCCNC(c1sc(C)cc1C)C(C)(C)S(C)(=O)=O. The van der Waals surface area contributed by atoms with Gasteiger partial charge in [0.2, 0.25) is 0 Å². The Morgan fingerprint density at radius 1 is 1.37 bits per heavy atom. The van der Waals surface area contributed by atoms with Gasteiger partial charge in [0.25, 0.3) is 0 Å². The van der Waals surface area contributed by atoms with E-state index in [-0.39, 0.29) is 6.04 Å². The van der Waals surface area contributed by atoms with Gasteiger partial charge in [-0.05, 0) is 52.3 Å². The summed E-state index contributed by atoms with van der Waals surface area (Å²) in [4.78, 5) is 2.36. The third kappa shape index (κ3) is 3.58. The van der Waals surface area contributed by atoms with Crippen LogP contribution in [-0.2, 0) is 9.84 Å². The van der Waals surface area contributed by atoms with Crippen LogP contribution in [0.1, 0.15) is 48.6 Å². The minimum absolute atomic E-state index is 0.152. The van der Waals surface area contributed by atoms with Gasteiger partial charge in [-0.25, -0.2) is 8.42 Å². The highest BCUT2D eigenvalue weighted by Crippen LogP contribution is 2.37. The molecule has 0 amide bonds. The summed E-state index contributed by atoms with van der Waals surface area (Å²) in [6, 6.07) is 1.97. The van der Waals surface area contributed by atoms with Gasteiger partial charge in [0.15, 0.2) is 9.84 Å². The average Bonchev–Trinajstić information content (AvgIpc) is 2.56. The number of aryl methyl sites for hydroxylation is 2. The highest BCUT2D eigenvalue weighted by atomic mass is 32.2.